The van der Waals surface area contributed by atoms with Gasteiger partial charge in [0.05, 0.1) is 0 Å². The topological polar surface area (TPSA) is 86.7 Å². The molecule has 0 aromatic rings. The molecule has 0 aromatic carbocycles. The molecular weight excluding hydrogens is 282 g/mol. The quantitative estimate of drug-likeness (QED) is 0.275. The Morgan fingerprint density at radius 2 is 1.14 bits per heavy atom. The lowest BCUT2D eigenvalue weighted by molar-refractivity contribution is 0.226. The van der Waals surface area contributed by atoms with E-state index in [0.29, 0.717) is 6.04 Å². The molecule has 5 N–H and O–H groups in total. The highest BCUT2D eigenvalue weighted by Gasteiger charge is 2.25. The Bertz CT molecular complexity index is 222. The van der Waals surface area contributed by atoms with Crippen LogP contribution in [0.15, 0.2) is 0 Å². The average Bonchev–Trinajstić information content (AvgIpc) is 2.41. The van der Waals surface area contributed by atoms with E-state index in [0.717, 1.165) is 19.3 Å². The van der Waals surface area contributed by atoms with Gasteiger partial charge >= 0.3 is 8.80 Å². The van der Waals surface area contributed by atoms with Gasteiger partial charge in [-0.1, -0.05) is 71.1 Å². The van der Waals surface area contributed by atoms with Crippen LogP contribution in [0.25, 0.3) is 0 Å². The minimum absolute atomic E-state index is 0.186. The summed E-state index contributed by atoms with van der Waals surface area (Å²) >= 11 is 0. The summed E-state index contributed by atoms with van der Waals surface area (Å²) in [6.45, 7) is 2.21. The molecule has 0 heterocycles. The summed E-state index contributed by atoms with van der Waals surface area (Å²) in [5, 5.41) is 0. The SMILES string of the molecule is CCCCC(N)CCCCCCCCCCC[Si](O)(O)O. The smallest absolute Gasteiger partial charge is 0.390 e. The molecule has 0 aliphatic rings. The van der Waals surface area contributed by atoms with E-state index in [9.17, 15) is 0 Å². The molecule has 0 amide bonds. The first-order valence-corrected chi connectivity index (χ1v) is 10.9. The lowest BCUT2D eigenvalue weighted by Crippen LogP contribution is -2.33. The fraction of sp³-hybridized carbons (Fsp3) is 1.00. The lowest BCUT2D eigenvalue weighted by atomic mass is 10.0. The number of rotatable bonds is 15. The molecular formula is C16H37NO3Si. The van der Waals surface area contributed by atoms with Gasteiger partial charge in [-0.3, -0.25) is 0 Å². The van der Waals surface area contributed by atoms with Gasteiger partial charge < -0.3 is 20.1 Å². The van der Waals surface area contributed by atoms with Crippen LogP contribution in [-0.2, 0) is 0 Å². The summed E-state index contributed by atoms with van der Waals surface area (Å²) in [6.07, 6.45) is 15.3. The number of hydrogen-bond donors (Lipinski definition) is 4. The van der Waals surface area contributed by atoms with Crippen LogP contribution in [0.5, 0.6) is 0 Å². The van der Waals surface area contributed by atoms with Gasteiger partial charge in [-0.2, -0.15) is 0 Å². The first-order valence-electron chi connectivity index (χ1n) is 8.88. The van der Waals surface area contributed by atoms with Crippen LogP contribution in [0.3, 0.4) is 0 Å². The van der Waals surface area contributed by atoms with Crippen molar-refractivity contribution >= 4 is 8.80 Å². The van der Waals surface area contributed by atoms with Crippen molar-refractivity contribution in [2.24, 2.45) is 5.73 Å². The second-order valence-electron chi connectivity index (χ2n) is 6.40. The molecule has 0 aliphatic carbocycles. The van der Waals surface area contributed by atoms with Gasteiger partial charge in [0.2, 0.25) is 0 Å². The Morgan fingerprint density at radius 1 is 0.714 bits per heavy atom. The number of hydrogen-bond acceptors (Lipinski definition) is 4. The maximum absolute atomic E-state index is 8.87. The van der Waals surface area contributed by atoms with E-state index in [-0.39, 0.29) is 6.04 Å². The van der Waals surface area contributed by atoms with E-state index in [4.69, 9.17) is 20.1 Å². The average molecular weight is 320 g/mol. The maximum Gasteiger partial charge on any atom is 0.492 e. The van der Waals surface area contributed by atoms with E-state index in [1.165, 1.54) is 64.2 Å². The molecule has 128 valence electrons. The van der Waals surface area contributed by atoms with E-state index >= 15 is 0 Å². The van der Waals surface area contributed by atoms with Gasteiger partial charge in [0.25, 0.3) is 0 Å². The number of nitrogens with two attached hydrogens (primary N) is 1. The van der Waals surface area contributed by atoms with Crippen LogP contribution in [0.1, 0.15) is 90.4 Å². The van der Waals surface area contributed by atoms with Gasteiger partial charge in [0.1, 0.15) is 0 Å². The largest absolute Gasteiger partial charge is 0.492 e. The minimum atomic E-state index is -3.78. The van der Waals surface area contributed by atoms with E-state index in [2.05, 4.69) is 6.92 Å². The van der Waals surface area contributed by atoms with Crippen molar-refractivity contribution in [2.75, 3.05) is 0 Å². The molecule has 0 spiro atoms. The van der Waals surface area contributed by atoms with Crippen LogP contribution >= 0.6 is 0 Å². The predicted molar refractivity (Wildman–Crippen MR) is 90.9 cm³/mol. The van der Waals surface area contributed by atoms with Crippen LogP contribution in [-0.4, -0.2) is 29.2 Å². The van der Waals surface area contributed by atoms with Crippen molar-refractivity contribution in [1.82, 2.24) is 0 Å². The Kier molecular flexibility index (Phi) is 13.7. The molecule has 0 aliphatic heterocycles. The van der Waals surface area contributed by atoms with Crippen LogP contribution in [0.2, 0.25) is 6.04 Å². The molecule has 0 fully saturated rings. The van der Waals surface area contributed by atoms with Gasteiger partial charge in [-0.25, -0.2) is 0 Å². The van der Waals surface area contributed by atoms with Crippen molar-refractivity contribution in [1.29, 1.82) is 0 Å². The highest BCUT2D eigenvalue weighted by Crippen LogP contribution is 2.14. The van der Waals surface area contributed by atoms with Gasteiger partial charge in [0, 0.05) is 12.1 Å². The van der Waals surface area contributed by atoms with E-state index < -0.39 is 8.80 Å². The molecule has 21 heavy (non-hydrogen) atoms. The molecule has 0 rings (SSSR count). The summed E-state index contributed by atoms with van der Waals surface area (Å²) in [5.74, 6) is 0. The van der Waals surface area contributed by atoms with E-state index in [1.54, 1.807) is 0 Å². The Hall–Kier alpha value is 0.0569. The summed E-state index contributed by atoms with van der Waals surface area (Å²) < 4.78 is 0. The molecule has 0 radical (unpaired) electrons. The highest BCUT2D eigenvalue weighted by atomic mass is 28.4. The second kappa shape index (κ2) is 13.7. The Balaban J connectivity index is 3.12. The molecule has 0 aromatic heterocycles. The zero-order valence-corrected chi connectivity index (χ0v) is 14.9. The molecule has 0 saturated carbocycles. The summed E-state index contributed by atoms with van der Waals surface area (Å²) in [6, 6.07) is 0.593. The fourth-order valence-electron chi connectivity index (χ4n) is 2.62. The molecule has 0 saturated heterocycles. The van der Waals surface area contributed by atoms with Crippen molar-refractivity contribution < 1.29 is 14.4 Å². The van der Waals surface area contributed by atoms with Gasteiger partial charge in [-0.15, -0.1) is 0 Å². The number of unbranched alkanes of at least 4 members (excludes halogenated alkanes) is 9. The molecule has 1 unspecified atom stereocenters. The zero-order valence-electron chi connectivity index (χ0n) is 13.9. The highest BCUT2D eigenvalue weighted by molar-refractivity contribution is 6.56. The summed E-state index contributed by atoms with van der Waals surface area (Å²) in [5.41, 5.74) is 6.05. The molecule has 5 heteroatoms. The third-order valence-corrected chi connectivity index (χ3v) is 5.04. The van der Waals surface area contributed by atoms with Crippen molar-refractivity contribution in [3.63, 3.8) is 0 Å². The molecule has 0 bridgehead atoms. The van der Waals surface area contributed by atoms with Crippen LogP contribution in [0, 0.1) is 0 Å². The zero-order chi connectivity index (χ0) is 16.0. The monoisotopic (exact) mass is 319 g/mol. The van der Waals surface area contributed by atoms with Gasteiger partial charge in [0.15, 0.2) is 0 Å². The third kappa shape index (κ3) is 18.0. The van der Waals surface area contributed by atoms with Gasteiger partial charge in [-0.05, 0) is 19.3 Å². The Labute approximate surface area is 132 Å². The first-order chi connectivity index (χ1) is 9.95. The summed E-state index contributed by atoms with van der Waals surface area (Å²) in [4.78, 5) is 26.6. The molecule has 1 atom stereocenters. The van der Waals surface area contributed by atoms with Crippen molar-refractivity contribution in [3.05, 3.63) is 0 Å². The Morgan fingerprint density at radius 3 is 1.62 bits per heavy atom. The maximum atomic E-state index is 8.87. The van der Waals surface area contributed by atoms with Crippen molar-refractivity contribution in [3.8, 4) is 0 Å². The van der Waals surface area contributed by atoms with Crippen LogP contribution in [0.4, 0.5) is 0 Å². The lowest BCUT2D eigenvalue weighted by Gasteiger charge is -2.10. The van der Waals surface area contributed by atoms with Crippen molar-refractivity contribution in [2.45, 2.75) is 102 Å². The van der Waals surface area contributed by atoms with Crippen LogP contribution < -0.4 is 5.73 Å². The van der Waals surface area contributed by atoms with E-state index in [1.807, 2.05) is 0 Å². The predicted octanol–water partition coefficient (Wildman–Crippen LogP) is 3.32. The minimum Gasteiger partial charge on any atom is -0.390 e. The first kappa shape index (κ1) is 21.1. The fourth-order valence-corrected chi connectivity index (χ4v) is 3.34. The summed E-state index contributed by atoms with van der Waals surface area (Å²) in [7, 11) is -3.78. The molecule has 4 nitrogen and oxygen atoms in total. The second-order valence-corrected chi connectivity index (χ2v) is 8.45. The standard InChI is InChI=1S/C16H37NO3Si/c1-2-3-13-16(17)14-11-9-7-5-4-6-8-10-12-15-21(18,19)20/h16,18-20H,2-15,17H2,1H3. The normalized spacial score (nSPS) is 13.6. The third-order valence-electron chi connectivity index (χ3n) is 4.02.